The molecule has 0 unspecified atom stereocenters. The van der Waals surface area contributed by atoms with Crippen molar-refractivity contribution in [3.63, 3.8) is 0 Å². The zero-order chi connectivity index (χ0) is 14.7. The normalized spacial score (nSPS) is 11.4. The van der Waals surface area contributed by atoms with Gasteiger partial charge in [-0.2, -0.15) is 0 Å². The Balaban J connectivity index is 1.85. The van der Waals surface area contributed by atoms with Crippen LogP contribution >= 0.6 is 11.3 Å². The summed E-state index contributed by atoms with van der Waals surface area (Å²) in [6, 6.07) is 14.9. The fourth-order valence-corrected chi connectivity index (χ4v) is 3.33. The molecule has 108 valence electrons. The van der Waals surface area contributed by atoms with Crippen LogP contribution in [-0.4, -0.2) is 11.5 Å². The van der Waals surface area contributed by atoms with E-state index in [1.807, 2.05) is 6.20 Å². The van der Waals surface area contributed by atoms with Crippen molar-refractivity contribution in [3.8, 4) is 10.6 Å². The third-order valence-corrected chi connectivity index (χ3v) is 4.46. The minimum Gasteiger partial charge on any atom is -0.312 e. The Bertz CT molecular complexity index is 725. The molecule has 3 heteroatoms. The molecule has 0 bridgehead atoms. The Morgan fingerprint density at radius 1 is 1.10 bits per heavy atom. The molecule has 0 amide bonds. The molecule has 1 heterocycles. The first-order valence-corrected chi connectivity index (χ1v) is 8.19. The number of hydrogen-bond acceptors (Lipinski definition) is 3. The van der Waals surface area contributed by atoms with Crippen molar-refractivity contribution < 1.29 is 0 Å². The molecule has 1 N–H and O–H groups in total. The fourth-order valence-electron chi connectivity index (χ4n) is 2.41. The maximum absolute atomic E-state index is 4.61. The van der Waals surface area contributed by atoms with Gasteiger partial charge in [-0.15, -0.1) is 11.3 Å². The number of benzene rings is 2. The molecule has 0 atom stereocenters. The van der Waals surface area contributed by atoms with Gasteiger partial charge < -0.3 is 5.32 Å². The number of rotatable bonds is 5. The largest absolute Gasteiger partial charge is 0.312 e. The molecule has 0 radical (unpaired) electrons. The van der Waals surface area contributed by atoms with E-state index in [4.69, 9.17) is 0 Å². The van der Waals surface area contributed by atoms with Gasteiger partial charge in [0.25, 0.3) is 0 Å². The highest BCUT2D eigenvalue weighted by Crippen LogP contribution is 2.31. The number of aromatic nitrogens is 1. The second-order valence-electron chi connectivity index (χ2n) is 5.68. The minimum absolute atomic E-state index is 0.676. The first-order chi connectivity index (χ1) is 10.2. The molecule has 3 aromatic rings. The van der Waals surface area contributed by atoms with Crippen LogP contribution in [0.4, 0.5) is 0 Å². The standard InChI is InChI=1S/C18H20N2S/c1-13(2)10-19-11-15-12-20-18(21-15)17-9-5-7-14-6-3-4-8-16(14)17/h3-9,12-13,19H,10-11H2,1-2H3. The van der Waals surface area contributed by atoms with Crippen molar-refractivity contribution in [2.24, 2.45) is 5.92 Å². The van der Waals surface area contributed by atoms with Crippen LogP contribution in [0.1, 0.15) is 18.7 Å². The van der Waals surface area contributed by atoms with Crippen LogP contribution in [0, 0.1) is 5.92 Å². The highest BCUT2D eigenvalue weighted by Gasteiger charge is 2.08. The fraction of sp³-hybridized carbons (Fsp3) is 0.278. The lowest BCUT2D eigenvalue weighted by molar-refractivity contribution is 0.554. The maximum Gasteiger partial charge on any atom is 0.124 e. The zero-order valence-corrected chi connectivity index (χ0v) is 13.3. The Morgan fingerprint density at radius 2 is 1.90 bits per heavy atom. The molecule has 3 rings (SSSR count). The summed E-state index contributed by atoms with van der Waals surface area (Å²) in [5.74, 6) is 0.676. The molecule has 0 aliphatic heterocycles. The Hall–Kier alpha value is -1.71. The zero-order valence-electron chi connectivity index (χ0n) is 12.5. The molecule has 1 aromatic heterocycles. The van der Waals surface area contributed by atoms with E-state index in [-0.39, 0.29) is 0 Å². The summed E-state index contributed by atoms with van der Waals surface area (Å²) in [5.41, 5.74) is 1.23. The molecule has 0 saturated carbocycles. The number of nitrogens with zero attached hydrogens (tertiary/aromatic N) is 1. The van der Waals surface area contributed by atoms with Gasteiger partial charge in [0.1, 0.15) is 5.01 Å². The van der Waals surface area contributed by atoms with Gasteiger partial charge in [0.2, 0.25) is 0 Å². The predicted molar refractivity (Wildman–Crippen MR) is 91.6 cm³/mol. The number of fused-ring (bicyclic) bond motifs is 1. The van der Waals surface area contributed by atoms with E-state index < -0.39 is 0 Å². The van der Waals surface area contributed by atoms with Crippen LogP contribution in [0.2, 0.25) is 0 Å². The molecular formula is C18H20N2S. The summed E-state index contributed by atoms with van der Waals surface area (Å²) in [7, 11) is 0. The minimum atomic E-state index is 0.676. The van der Waals surface area contributed by atoms with Gasteiger partial charge >= 0.3 is 0 Å². The summed E-state index contributed by atoms with van der Waals surface area (Å²) in [4.78, 5) is 5.90. The lowest BCUT2D eigenvalue weighted by atomic mass is 10.1. The Labute approximate surface area is 129 Å². The van der Waals surface area contributed by atoms with E-state index in [0.29, 0.717) is 5.92 Å². The summed E-state index contributed by atoms with van der Waals surface area (Å²) in [6.07, 6.45) is 2.00. The van der Waals surface area contributed by atoms with Crippen LogP contribution < -0.4 is 5.32 Å². The second-order valence-corrected chi connectivity index (χ2v) is 6.80. The first-order valence-electron chi connectivity index (χ1n) is 7.37. The van der Waals surface area contributed by atoms with Crippen molar-refractivity contribution >= 4 is 22.1 Å². The first kappa shape index (κ1) is 14.2. The van der Waals surface area contributed by atoms with Crippen molar-refractivity contribution in [1.29, 1.82) is 0 Å². The van der Waals surface area contributed by atoms with Crippen molar-refractivity contribution in [3.05, 3.63) is 53.5 Å². The number of thiazole rings is 1. The molecule has 0 aliphatic rings. The molecule has 0 saturated heterocycles. The molecule has 2 nitrogen and oxygen atoms in total. The number of nitrogens with one attached hydrogen (secondary N) is 1. The summed E-state index contributed by atoms with van der Waals surface area (Å²) < 4.78 is 0. The van der Waals surface area contributed by atoms with Gasteiger partial charge in [-0.1, -0.05) is 56.3 Å². The smallest absolute Gasteiger partial charge is 0.124 e. The predicted octanol–water partition coefficient (Wildman–Crippen LogP) is 4.71. The van der Waals surface area contributed by atoms with Crippen LogP contribution in [0.3, 0.4) is 0 Å². The Morgan fingerprint density at radius 3 is 2.76 bits per heavy atom. The highest BCUT2D eigenvalue weighted by atomic mass is 32.1. The summed E-state index contributed by atoms with van der Waals surface area (Å²) in [6.45, 7) is 6.39. The van der Waals surface area contributed by atoms with E-state index in [1.54, 1.807) is 11.3 Å². The van der Waals surface area contributed by atoms with Crippen LogP contribution in [-0.2, 0) is 6.54 Å². The number of hydrogen-bond donors (Lipinski definition) is 1. The molecule has 0 fully saturated rings. The molecule has 0 aliphatic carbocycles. The van der Waals surface area contributed by atoms with E-state index in [2.05, 4.69) is 66.6 Å². The average Bonchev–Trinajstić information content (AvgIpc) is 2.95. The lowest BCUT2D eigenvalue weighted by Crippen LogP contribution is -2.18. The van der Waals surface area contributed by atoms with Gasteiger partial charge in [-0.05, 0) is 23.2 Å². The van der Waals surface area contributed by atoms with Crippen LogP contribution in [0.5, 0.6) is 0 Å². The van der Waals surface area contributed by atoms with Crippen LogP contribution in [0.25, 0.3) is 21.3 Å². The van der Waals surface area contributed by atoms with Gasteiger partial charge in [-0.25, -0.2) is 4.98 Å². The van der Waals surface area contributed by atoms with Crippen molar-refractivity contribution in [2.45, 2.75) is 20.4 Å². The van der Waals surface area contributed by atoms with Gasteiger partial charge in [0, 0.05) is 23.2 Å². The average molecular weight is 296 g/mol. The van der Waals surface area contributed by atoms with Crippen LogP contribution in [0.15, 0.2) is 48.7 Å². The summed E-state index contributed by atoms with van der Waals surface area (Å²) >= 11 is 1.78. The molecular weight excluding hydrogens is 276 g/mol. The monoisotopic (exact) mass is 296 g/mol. The quantitative estimate of drug-likeness (QED) is 0.737. The third kappa shape index (κ3) is 3.31. The molecule has 2 aromatic carbocycles. The maximum atomic E-state index is 4.61. The topological polar surface area (TPSA) is 24.9 Å². The van der Waals surface area contributed by atoms with E-state index in [0.717, 1.165) is 18.1 Å². The Kier molecular flexibility index (Phi) is 4.32. The molecule has 21 heavy (non-hydrogen) atoms. The van der Waals surface area contributed by atoms with Gasteiger partial charge in [0.15, 0.2) is 0 Å². The lowest BCUT2D eigenvalue weighted by Gasteiger charge is -2.05. The molecule has 0 spiro atoms. The summed E-state index contributed by atoms with van der Waals surface area (Å²) in [5, 5.41) is 7.12. The third-order valence-electron chi connectivity index (χ3n) is 3.43. The van der Waals surface area contributed by atoms with Crippen molar-refractivity contribution in [2.75, 3.05) is 6.54 Å². The van der Waals surface area contributed by atoms with Gasteiger partial charge in [0.05, 0.1) is 0 Å². The highest BCUT2D eigenvalue weighted by molar-refractivity contribution is 7.15. The van der Waals surface area contributed by atoms with E-state index in [9.17, 15) is 0 Å². The SMILES string of the molecule is CC(C)CNCc1cnc(-c2cccc3ccccc23)s1. The second kappa shape index (κ2) is 6.37. The van der Waals surface area contributed by atoms with Gasteiger partial charge in [-0.3, -0.25) is 0 Å². The van der Waals surface area contributed by atoms with E-state index in [1.165, 1.54) is 21.2 Å². The van der Waals surface area contributed by atoms with Crippen molar-refractivity contribution in [1.82, 2.24) is 10.3 Å². The van der Waals surface area contributed by atoms with E-state index >= 15 is 0 Å².